The molecule has 0 saturated carbocycles. The number of alkyl halides is 3. The molecule has 1 N–H and O–H groups in total. The Balaban J connectivity index is 4.44. The zero-order chi connectivity index (χ0) is 11.2. The maximum Gasteiger partial charge on any atom is 0.412 e. The summed E-state index contributed by atoms with van der Waals surface area (Å²) in [5.41, 5.74) is -0.834. The Hall–Kier alpha value is -1.26. The number of carbonyl (C=O) groups is 1. The van der Waals surface area contributed by atoms with E-state index in [0.717, 1.165) is 0 Å². The molecule has 1 amide bonds. The van der Waals surface area contributed by atoms with Crippen LogP contribution in [-0.4, -0.2) is 18.6 Å². The molecule has 0 atom stereocenters. The van der Waals surface area contributed by atoms with E-state index in [1.165, 1.54) is 13.0 Å². The van der Waals surface area contributed by atoms with Crippen molar-refractivity contribution in [3.63, 3.8) is 0 Å². The molecule has 2 nitrogen and oxygen atoms in total. The molecule has 0 heterocycles. The molecule has 0 aromatic heterocycles. The fraction of sp³-hybridized carbons (Fsp3) is 0.444. The molecule has 14 heavy (non-hydrogen) atoms. The molecular weight excluding hydrogens is 195 g/mol. The van der Waals surface area contributed by atoms with Crippen molar-refractivity contribution < 1.29 is 18.0 Å². The van der Waals surface area contributed by atoms with E-state index >= 15 is 0 Å². The van der Waals surface area contributed by atoms with Crippen molar-refractivity contribution in [1.82, 2.24) is 5.32 Å². The first-order valence-electron chi connectivity index (χ1n) is 4.08. The minimum atomic E-state index is -4.43. The first-order valence-corrected chi connectivity index (χ1v) is 4.08. The summed E-state index contributed by atoms with van der Waals surface area (Å²) in [4.78, 5) is 10.9. The van der Waals surface area contributed by atoms with Gasteiger partial charge in [0, 0.05) is 18.2 Å². The van der Waals surface area contributed by atoms with E-state index in [4.69, 9.17) is 0 Å². The Kier molecular flexibility index (Phi) is 4.97. The van der Waals surface area contributed by atoms with Crippen molar-refractivity contribution in [3.05, 3.63) is 24.3 Å². The van der Waals surface area contributed by atoms with Crippen LogP contribution in [0.5, 0.6) is 0 Å². The molecule has 0 aliphatic carbocycles. The standard InChI is InChI=1S/C9H12F3NO/c1-3-5-13-8(14)6-7(4-2)9(10,11)12/h3,6H,1,4-5H2,2H3,(H,13,14)/b7-6+. The predicted octanol–water partition coefficient (Wildman–Crippen LogP) is 2.19. The molecule has 0 bridgehead atoms. The highest BCUT2D eigenvalue weighted by Crippen LogP contribution is 2.27. The SMILES string of the molecule is C=CCNC(=O)/C=C(\CC)C(F)(F)F. The van der Waals surface area contributed by atoms with E-state index in [1.807, 2.05) is 0 Å². The monoisotopic (exact) mass is 207 g/mol. The molecule has 80 valence electrons. The molecule has 0 saturated heterocycles. The highest BCUT2D eigenvalue weighted by molar-refractivity contribution is 5.88. The third kappa shape index (κ3) is 4.69. The number of hydrogen-bond donors (Lipinski definition) is 1. The number of allylic oxidation sites excluding steroid dienone is 1. The first kappa shape index (κ1) is 12.7. The number of nitrogens with one attached hydrogen (secondary N) is 1. The molecule has 0 aliphatic heterocycles. The Morgan fingerprint density at radius 2 is 2.07 bits per heavy atom. The van der Waals surface area contributed by atoms with Gasteiger partial charge in [-0.15, -0.1) is 6.58 Å². The largest absolute Gasteiger partial charge is 0.412 e. The van der Waals surface area contributed by atoms with Crippen LogP contribution in [0.25, 0.3) is 0 Å². The molecule has 0 fully saturated rings. The van der Waals surface area contributed by atoms with Crippen LogP contribution in [-0.2, 0) is 4.79 Å². The van der Waals surface area contributed by atoms with Gasteiger partial charge in [0.25, 0.3) is 0 Å². The number of rotatable bonds is 4. The van der Waals surface area contributed by atoms with Crippen molar-refractivity contribution in [2.45, 2.75) is 19.5 Å². The van der Waals surface area contributed by atoms with Gasteiger partial charge in [0.2, 0.25) is 5.91 Å². The van der Waals surface area contributed by atoms with E-state index < -0.39 is 17.7 Å². The fourth-order valence-corrected chi connectivity index (χ4v) is 0.766. The van der Waals surface area contributed by atoms with Gasteiger partial charge in [-0.05, 0) is 6.42 Å². The molecule has 5 heteroatoms. The van der Waals surface area contributed by atoms with Crippen LogP contribution in [0.3, 0.4) is 0 Å². The third-order valence-corrected chi connectivity index (χ3v) is 1.47. The van der Waals surface area contributed by atoms with E-state index in [1.54, 1.807) is 0 Å². The zero-order valence-corrected chi connectivity index (χ0v) is 7.82. The summed E-state index contributed by atoms with van der Waals surface area (Å²) >= 11 is 0. The van der Waals surface area contributed by atoms with Crippen molar-refractivity contribution in [1.29, 1.82) is 0 Å². The average molecular weight is 207 g/mol. The van der Waals surface area contributed by atoms with Gasteiger partial charge in [-0.3, -0.25) is 4.79 Å². The Morgan fingerprint density at radius 3 is 2.43 bits per heavy atom. The Morgan fingerprint density at radius 1 is 1.50 bits per heavy atom. The van der Waals surface area contributed by atoms with E-state index in [2.05, 4.69) is 11.9 Å². The molecule has 0 aromatic carbocycles. The van der Waals surface area contributed by atoms with Crippen LogP contribution >= 0.6 is 0 Å². The third-order valence-electron chi connectivity index (χ3n) is 1.47. The smallest absolute Gasteiger partial charge is 0.349 e. The maximum absolute atomic E-state index is 12.1. The van der Waals surface area contributed by atoms with Gasteiger partial charge in [-0.2, -0.15) is 13.2 Å². The number of hydrogen-bond acceptors (Lipinski definition) is 1. The van der Waals surface area contributed by atoms with Crippen LogP contribution in [0.4, 0.5) is 13.2 Å². The first-order chi connectivity index (χ1) is 6.41. The van der Waals surface area contributed by atoms with E-state index in [0.29, 0.717) is 6.08 Å². The molecule has 0 aromatic rings. The van der Waals surface area contributed by atoms with Gasteiger partial charge in [-0.1, -0.05) is 13.0 Å². The van der Waals surface area contributed by atoms with E-state index in [-0.39, 0.29) is 13.0 Å². The predicted molar refractivity (Wildman–Crippen MR) is 47.6 cm³/mol. The van der Waals surface area contributed by atoms with Crippen LogP contribution in [0.1, 0.15) is 13.3 Å². The lowest BCUT2D eigenvalue weighted by atomic mass is 10.2. The molecule has 0 radical (unpaired) electrons. The number of carbonyl (C=O) groups excluding carboxylic acids is 1. The second kappa shape index (κ2) is 5.47. The van der Waals surface area contributed by atoms with Crippen LogP contribution < -0.4 is 5.32 Å². The Labute approximate surface area is 80.5 Å². The van der Waals surface area contributed by atoms with Gasteiger partial charge in [0.05, 0.1) is 0 Å². The van der Waals surface area contributed by atoms with Gasteiger partial charge in [0.15, 0.2) is 0 Å². The lowest BCUT2D eigenvalue weighted by Gasteiger charge is -2.08. The normalized spacial score (nSPS) is 12.4. The van der Waals surface area contributed by atoms with Gasteiger partial charge in [0.1, 0.15) is 0 Å². The fourth-order valence-electron chi connectivity index (χ4n) is 0.766. The van der Waals surface area contributed by atoms with Crippen molar-refractivity contribution in [2.75, 3.05) is 6.54 Å². The Bertz CT molecular complexity index is 243. The highest BCUT2D eigenvalue weighted by Gasteiger charge is 2.32. The van der Waals surface area contributed by atoms with Crippen molar-refractivity contribution >= 4 is 5.91 Å². The molecule has 0 rings (SSSR count). The summed E-state index contributed by atoms with van der Waals surface area (Å²) in [5.74, 6) is -0.751. The van der Waals surface area contributed by atoms with Crippen LogP contribution in [0.15, 0.2) is 24.3 Å². The highest BCUT2D eigenvalue weighted by atomic mass is 19.4. The summed E-state index contributed by atoms with van der Waals surface area (Å²) in [6.45, 7) is 4.83. The number of amides is 1. The summed E-state index contributed by atoms with van der Waals surface area (Å²) in [6, 6.07) is 0. The van der Waals surface area contributed by atoms with Gasteiger partial charge in [-0.25, -0.2) is 0 Å². The van der Waals surface area contributed by atoms with Crippen molar-refractivity contribution in [2.24, 2.45) is 0 Å². The average Bonchev–Trinajstić information content (AvgIpc) is 2.08. The second-order valence-corrected chi connectivity index (χ2v) is 2.55. The molecular formula is C9H12F3NO. The van der Waals surface area contributed by atoms with Crippen LogP contribution in [0, 0.1) is 0 Å². The molecule has 0 spiro atoms. The molecule has 0 aliphatic rings. The van der Waals surface area contributed by atoms with E-state index in [9.17, 15) is 18.0 Å². The minimum Gasteiger partial charge on any atom is -0.349 e. The zero-order valence-electron chi connectivity index (χ0n) is 7.82. The second-order valence-electron chi connectivity index (χ2n) is 2.55. The number of halogens is 3. The summed E-state index contributed by atoms with van der Waals surface area (Å²) in [5, 5.41) is 2.24. The van der Waals surface area contributed by atoms with Gasteiger partial charge >= 0.3 is 6.18 Å². The van der Waals surface area contributed by atoms with Gasteiger partial charge < -0.3 is 5.32 Å². The summed E-state index contributed by atoms with van der Waals surface area (Å²) in [7, 11) is 0. The lowest BCUT2D eigenvalue weighted by Crippen LogP contribution is -2.23. The summed E-state index contributed by atoms with van der Waals surface area (Å²) in [6.07, 6.45) is -2.68. The minimum absolute atomic E-state index is 0.157. The lowest BCUT2D eigenvalue weighted by molar-refractivity contribution is -0.118. The topological polar surface area (TPSA) is 29.1 Å². The van der Waals surface area contributed by atoms with Crippen LogP contribution in [0.2, 0.25) is 0 Å². The molecule has 0 unspecified atom stereocenters. The summed E-state index contributed by atoms with van der Waals surface area (Å²) < 4.78 is 36.4. The quantitative estimate of drug-likeness (QED) is 0.555. The maximum atomic E-state index is 12.1. The van der Waals surface area contributed by atoms with Crippen molar-refractivity contribution in [3.8, 4) is 0 Å².